The standard InChI is InChI=1S/C9H13IN2O5/c10-3-4-6(14)7(15)8(17-4)12-2-1-5(13)11-9(12)16/h4,6-8,14-15H,1-3H2,(H,11,13,16)/t4-,6-,7-,8-/m1/s1. The van der Waals surface area contributed by atoms with Gasteiger partial charge in [0.15, 0.2) is 6.23 Å². The van der Waals surface area contributed by atoms with E-state index >= 15 is 0 Å². The highest BCUT2D eigenvalue weighted by atomic mass is 127. The zero-order valence-corrected chi connectivity index (χ0v) is 11.0. The molecule has 96 valence electrons. The molecular weight excluding hydrogens is 343 g/mol. The number of imide groups is 1. The first-order valence-electron chi connectivity index (χ1n) is 5.22. The smallest absolute Gasteiger partial charge is 0.326 e. The summed E-state index contributed by atoms with van der Waals surface area (Å²) in [5.74, 6) is -0.343. The molecule has 0 radical (unpaired) electrons. The Balaban J connectivity index is 2.08. The summed E-state index contributed by atoms with van der Waals surface area (Å²) in [4.78, 5) is 23.8. The van der Waals surface area contributed by atoms with Crippen molar-refractivity contribution < 1.29 is 24.5 Å². The fraction of sp³-hybridized carbons (Fsp3) is 0.778. The number of hydrogen-bond acceptors (Lipinski definition) is 5. The van der Waals surface area contributed by atoms with E-state index in [1.165, 1.54) is 4.90 Å². The van der Waals surface area contributed by atoms with Crippen molar-refractivity contribution in [3.05, 3.63) is 0 Å². The summed E-state index contributed by atoms with van der Waals surface area (Å²) in [5.41, 5.74) is 0. The number of aliphatic hydroxyl groups excluding tert-OH is 2. The quantitative estimate of drug-likeness (QED) is 0.427. The number of alkyl halides is 1. The molecule has 0 aromatic carbocycles. The normalized spacial score (nSPS) is 38.4. The third kappa shape index (κ3) is 2.39. The first-order chi connectivity index (χ1) is 8.04. The Morgan fingerprint density at radius 3 is 2.65 bits per heavy atom. The van der Waals surface area contributed by atoms with Crippen LogP contribution in [0, 0.1) is 0 Å². The van der Waals surface area contributed by atoms with Crippen molar-refractivity contribution in [3.8, 4) is 0 Å². The number of hydrogen-bond donors (Lipinski definition) is 3. The summed E-state index contributed by atoms with van der Waals surface area (Å²) in [6.07, 6.45) is -3.38. The molecule has 4 atom stereocenters. The SMILES string of the molecule is O=C1CCN([C@@H]2O[C@H](CI)[C@@H](O)[C@H]2O)C(=O)N1. The van der Waals surface area contributed by atoms with Gasteiger partial charge < -0.3 is 14.9 Å². The second-order valence-corrected chi connectivity index (χ2v) is 4.88. The molecule has 0 aromatic heterocycles. The number of ether oxygens (including phenoxy) is 1. The van der Waals surface area contributed by atoms with Gasteiger partial charge in [0.25, 0.3) is 0 Å². The molecule has 7 nitrogen and oxygen atoms in total. The fourth-order valence-corrected chi connectivity index (χ4v) is 2.66. The van der Waals surface area contributed by atoms with E-state index in [0.29, 0.717) is 4.43 Å². The number of nitrogens with one attached hydrogen (secondary N) is 1. The van der Waals surface area contributed by atoms with E-state index in [0.717, 1.165) is 0 Å². The van der Waals surface area contributed by atoms with E-state index in [1.54, 1.807) is 0 Å². The lowest BCUT2D eigenvalue weighted by atomic mass is 10.1. The molecular formula is C9H13IN2O5. The molecule has 0 saturated carbocycles. The summed E-state index contributed by atoms with van der Waals surface area (Å²) in [5, 5.41) is 21.6. The van der Waals surface area contributed by atoms with Gasteiger partial charge in [-0.2, -0.15) is 0 Å². The van der Waals surface area contributed by atoms with Gasteiger partial charge in [0.2, 0.25) is 5.91 Å². The predicted octanol–water partition coefficient (Wildman–Crippen LogP) is -1.19. The Bertz CT molecular complexity index is 339. The predicted molar refractivity (Wildman–Crippen MR) is 64.4 cm³/mol. The highest BCUT2D eigenvalue weighted by Gasteiger charge is 2.47. The van der Waals surface area contributed by atoms with Crippen LogP contribution in [0.25, 0.3) is 0 Å². The van der Waals surface area contributed by atoms with Gasteiger partial charge in [0, 0.05) is 17.4 Å². The van der Waals surface area contributed by atoms with Crippen molar-refractivity contribution in [1.82, 2.24) is 10.2 Å². The molecule has 2 fully saturated rings. The largest absolute Gasteiger partial charge is 0.387 e. The average Bonchev–Trinajstić information content (AvgIpc) is 2.57. The third-order valence-corrected chi connectivity index (χ3v) is 3.75. The molecule has 0 spiro atoms. The maximum absolute atomic E-state index is 11.6. The van der Waals surface area contributed by atoms with E-state index < -0.39 is 30.6 Å². The Kier molecular flexibility index (Phi) is 3.85. The number of amides is 3. The maximum atomic E-state index is 11.6. The van der Waals surface area contributed by atoms with Crippen molar-refractivity contribution in [2.45, 2.75) is 31.0 Å². The molecule has 0 bridgehead atoms. The van der Waals surface area contributed by atoms with Crippen LogP contribution in [0.4, 0.5) is 4.79 Å². The van der Waals surface area contributed by atoms with E-state index in [4.69, 9.17) is 4.74 Å². The van der Waals surface area contributed by atoms with Gasteiger partial charge in [-0.05, 0) is 0 Å². The minimum absolute atomic E-state index is 0.170. The molecule has 3 amide bonds. The molecule has 2 aliphatic rings. The van der Waals surface area contributed by atoms with Crippen LogP contribution in [-0.4, -0.2) is 62.6 Å². The molecule has 2 saturated heterocycles. The van der Waals surface area contributed by atoms with Crippen LogP contribution in [0.2, 0.25) is 0 Å². The zero-order chi connectivity index (χ0) is 12.6. The molecule has 17 heavy (non-hydrogen) atoms. The van der Waals surface area contributed by atoms with Gasteiger partial charge in [-0.1, -0.05) is 22.6 Å². The number of halogens is 1. The van der Waals surface area contributed by atoms with Gasteiger partial charge >= 0.3 is 6.03 Å². The summed E-state index contributed by atoms with van der Waals surface area (Å²) >= 11 is 2.03. The molecule has 3 N–H and O–H groups in total. The molecule has 8 heteroatoms. The zero-order valence-electron chi connectivity index (χ0n) is 8.88. The van der Waals surface area contributed by atoms with Crippen molar-refractivity contribution in [2.75, 3.05) is 11.0 Å². The minimum atomic E-state index is -1.14. The highest BCUT2D eigenvalue weighted by molar-refractivity contribution is 14.1. The van der Waals surface area contributed by atoms with Crippen LogP contribution in [0.1, 0.15) is 6.42 Å². The van der Waals surface area contributed by atoms with Gasteiger partial charge in [0.05, 0.1) is 6.10 Å². The van der Waals surface area contributed by atoms with Gasteiger partial charge in [0.1, 0.15) is 12.2 Å². The molecule has 0 aromatic rings. The van der Waals surface area contributed by atoms with Crippen LogP contribution < -0.4 is 5.32 Å². The Hall–Kier alpha value is -0.450. The molecule has 2 aliphatic heterocycles. The lowest BCUT2D eigenvalue weighted by Crippen LogP contribution is -2.56. The number of nitrogens with zero attached hydrogens (tertiary/aromatic N) is 1. The lowest BCUT2D eigenvalue weighted by molar-refractivity contribution is -0.124. The van der Waals surface area contributed by atoms with Gasteiger partial charge in [-0.3, -0.25) is 15.0 Å². The van der Waals surface area contributed by atoms with E-state index in [1.807, 2.05) is 22.6 Å². The summed E-state index contributed by atoms with van der Waals surface area (Å²) in [6.45, 7) is 0.188. The van der Waals surface area contributed by atoms with Crippen LogP contribution in [-0.2, 0) is 9.53 Å². The van der Waals surface area contributed by atoms with Crippen molar-refractivity contribution in [1.29, 1.82) is 0 Å². The first-order valence-corrected chi connectivity index (χ1v) is 6.75. The van der Waals surface area contributed by atoms with Crippen molar-refractivity contribution >= 4 is 34.5 Å². The number of urea groups is 1. The topological polar surface area (TPSA) is 99.1 Å². The molecule has 0 unspecified atom stereocenters. The molecule has 2 heterocycles. The minimum Gasteiger partial charge on any atom is -0.387 e. The monoisotopic (exact) mass is 356 g/mol. The summed E-state index contributed by atoms with van der Waals surface area (Å²) in [7, 11) is 0. The van der Waals surface area contributed by atoms with Gasteiger partial charge in [-0.25, -0.2) is 4.79 Å². The van der Waals surface area contributed by atoms with Crippen molar-refractivity contribution in [2.24, 2.45) is 0 Å². The first kappa shape index (κ1) is 13.0. The highest BCUT2D eigenvalue weighted by Crippen LogP contribution is 2.26. The number of aliphatic hydroxyl groups is 2. The average molecular weight is 356 g/mol. The van der Waals surface area contributed by atoms with Crippen LogP contribution in [0.5, 0.6) is 0 Å². The number of rotatable bonds is 2. The van der Waals surface area contributed by atoms with Crippen LogP contribution >= 0.6 is 22.6 Å². The molecule has 0 aliphatic carbocycles. The van der Waals surface area contributed by atoms with Gasteiger partial charge in [-0.15, -0.1) is 0 Å². The second-order valence-electron chi connectivity index (χ2n) is 4.00. The van der Waals surface area contributed by atoms with E-state index in [2.05, 4.69) is 5.32 Å². The Labute approximate surface area is 111 Å². The fourth-order valence-electron chi connectivity index (χ4n) is 1.93. The van der Waals surface area contributed by atoms with Crippen molar-refractivity contribution in [3.63, 3.8) is 0 Å². The molecule has 2 rings (SSSR count). The lowest BCUT2D eigenvalue weighted by Gasteiger charge is -2.32. The Morgan fingerprint density at radius 2 is 2.12 bits per heavy atom. The van der Waals surface area contributed by atoms with Crippen LogP contribution in [0.3, 0.4) is 0 Å². The third-order valence-electron chi connectivity index (χ3n) is 2.88. The summed E-state index contributed by atoms with van der Waals surface area (Å²) < 4.78 is 5.94. The summed E-state index contributed by atoms with van der Waals surface area (Å²) in [6, 6.07) is -0.591. The van der Waals surface area contributed by atoms with E-state index in [-0.39, 0.29) is 18.9 Å². The second kappa shape index (κ2) is 5.04. The number of carbonyl (C=O) groups is 2. The van der Waals surface area contributed by atoms with Crippen LogP contribution in [0.15, 0.2) is 0 Å². The Morgan fingerprint density at radius 1 is 1.41 bits per heavy atom. The maximum Gasteiger partial charge on any atom is 0.326 e. The number of carbonyl (C=O) groups excluding carboxylic acids is 2. The van der Waals surface area contributed by atoms with E-state index in [9.17, 15) is 19.8 Å².